The first-order valence-electron chi connectivity index (χ1n) is 7.41. The highest BCUT2D eigenvalue weighted by Crippen LogP contribution is 2.21. The molecule has 2 amide bonds. The summed E-state index contributed by atoms with van der Waals surface area (Å²) in [5.74, 6) is -0.976. The van der Waals surface area contributed by atoms with Gasteiger partial charge in [0.15, 0.2) is 0 Å². The van der Waals surface area contributed by atoms with Crippen LogP contribution in [-0.4, -0.2) is 33.5 Å². The van der Waals surface area contributed by atoms with E-state index >= 15 is 0 Å². The zero-order valence-electron chi connectivity index (χ0n) is 12.5. The van der Waals surface area contributed by atoms with Crippen molar-refractivity contribution in [2.45, 2.75) is 19.5 Å². The van der Waals surface area contributed by atoms with Gasteiger partial charge in [-0.25, -0.2) is 9.59 Å². The highest BCUT2D eigenvalue weighted by atomic mass is 16.4. The summed E-state index contributed by atoms with van der Waals surface area (Å²) in [6, 6.07) is 9.54. The Balaban J connectivity index is 1.66. The molecule has 3 rings (SSSR count). The van der Waals surface area contributed by atoms with Crippen molar-refractivity contribution in [3.8, 4) is 0 Å². The molecule has 1 aromatic heterocycles. The van der Waals surface area contributed by atoms with E-state index in [-0.39, 0.29) is 11.6 Å². The Kier molecular flexibility index (Phi) is 4.23. The van der Waals surface area contributed by atoms with Crippen LogP contribution in [0.1, 0.15) is 27.0 Å². The minimum atomic E-state index is -0.976. The summed E-state index contributed by atoms with van der Waals surface area (Å²) in [7, 11) is 0. The summed E-state index contributed by atoms with van der Waals surface area (Å²) in [4.78, 5) is 29.1. The number of nitrogens with one attached hydrogen (secondary N) is 1. The molecule has 0 bridgehead atoms. The largest absolute Gasteiger partial charge is 0.478 e. The molecular weight excluding hydrogens is 294 g/mol. The Hall–Kier alpha value is -2.89. The van der Waals surface area contributed by atoms with Crippen LogP contribution in [0.2, 0.25) is 0 Å². The maximum Gasteiger partial charge on any atom is 0.337 e. The van der Waals surface area contributed by atoms with E-state index in [0.717, 1.165) is 16.7 Å². The second-order valence-corrected chi connectivity index (χ2v) is 5.45. The highest BCUT2D eigenvalue weighted by Gasteiger charge is 2.24. The number of fused-ring (bicyclic) bond motifs is 1. The van der Waals surface area contributed by atoms with Crippen molar-refractivity contribution in [2.24, 2.45) is 0 Å². The number of pyridine rings is 1. The summed E-state index contributed by atoms with van der Waals surface area (Å²) in [6.45, 7) is 1.35. The zero-order valence-corrected chi connectivity index (χ0v) is 12.5. The second-order valence-electron chi connectivity index (χ2n) is 5.45. The van der Waals surface area contributed by atoms with Gasteiger partial charge >= 0.3 is 12.0 Å². The van der Waals surface area contributed by atoms with Crippen LogP contribution in [0.25, 0.3) is 0 Å². The van der Waals surface area contributed by atoms with Crippen LogP contribution in [0.15, 0.2) is 42.7 Å². The van der Waals surface area contributed by atoms with Crippen LogP contribution in [0.4, 0.5) is 4.79 Å². The Morgan fingerprint density at radius 1 is 1.22 bits per heavy atom. The summed E-state index contributed by atoms with van der Waals surface area (Å²) in [5, 5.41) is 12.1. The molecule has 2 aromatic rings. The minimum Gasteiger partial charge on any atom is -0.478 e. The number of urea groups is 1. The minimum absolute atomic E-state index is 0.153. The number of nitrogens with zero attached hydrogens (tertiary/aromatic N) is 2. The van der Waals surface area contributed by atoms with Crippen LogP contribution < -0.4 is 5.32 Å². The van der Waals surface area contributed by atoms with Crippen LogP contribution in [0, 0.1) is 0 Å². The van der Waals surface area contributed by atoms with E-state index in [9.17, 15) is 14.7 Å². The van der Waals surface area contributed by atoms with Crippen molar-refractivity contribution in [3.63, 3.8) is 0 Å². The molecule has 6 heteroatoms. The molecule has 118 valence electrons. The SMILES string of the molecule is O=C(O)c1cncc2c1CCN(C(=O)NCc1ccccc1)C2. The Labute approximate surface area is 133 Å². The molecule has 2 heterocycles. The van der Waals surface area contributed by atoms with Crippen LogP contribution in [-0.2, 0) is 19.5 Å². The van der Waals surface area contributed by atoms with E-state index in [1.807, 2.05) is 30.3 Å². The molecule has 1 aliphatic heterocycles. The lowest BCUT2D eigenvalue weighted by Crippen LogP contribution is -2.42. The van der Waals surface area contributed by atoms with Crippen molar-refractivity contribution in [3.05, 3.63) is 65.0 Å². The van der Waals surface area contributed by atoms with Gasteiger partial charge in [0.05, 0.1) is 5.56 Å². The van der Waals surface area contributed by atoms with Gasteiger partial charge in [-0.15, -0.1) is 0 Å². The fraction of sp³-hybridized carbons (Fsp3) is 0.235. The van der Waals surface area contributed by atoms with Crippen molar-refractivity contribution < 1.29 is 14.7 Å². The molecule has 6 nitrogen and oxygen atoms in total. The number of aromatic carboxylic acids is 1. The van der Waals surface area contributed by atoms with Gasteiger partial charge in [0.2, 0.25) is 0 Å². The third kappa shape index (κ3) is 3.31. The average molecular weight is 311 g/mol. The van der Waals surface area contributed by atoms with Crippen molar-refractivity contribution in [2.75, 3.05) is 6.54 Å². The number of hydrogen-bond acceptors (Lipinski definition) is 3. The predicted octanol–water partition coefficient (Wildman–Crippen LogP) is 2.05. The number of amides is 2. The lowest BCUT2D eigenvalue weighted by atomic mass is 9.97. The maximum absolute atomic E-state index is 12.3. The van der Waals surface area contributed by atoms with Crippen molar-refractivity contribution in [1.29, 1.82) is 0 Å². The van der Waals surface area contributed by atoms with Crippen molar-refractivity contribution >= 4 is 12.0 Å². The molecule has 0 saturated heterocycles. The first-order valence-corrected chi connectivity index (χ1v) is 7.41. The molecule has 0 fully saturated rings. The molecule has 0 radical (unpaired) electrons. The molecule has 0 aliphatic carbocycles. The number of carboxylic acids is 1. The zero-order chi connectivity index (χ0) is 16.2. The quantitative estimate of drug-likeness (QED) is 0.909. The second kappa shape index (κ2) is 6.48. The first-order chi connectivity index (χ1) is 11.1. The third-order valence-electron chi connectivity index (χ3n) is 3.94. The van der Waals surface area contributed by atoms with Gasteiger partial charge in [-0.2, -0.15) is 0 Å². The van der Waals surface area contributed by atoms with E-state index in [1.54, 1.807) is 11.1 Å². The lowest BCUT2D eigenvalue weighted by molar-refractivity contribution is 0.0694. The van der Waals surface area contributed by atoms with Gasteiger partial charge < -0.3 is 15.3 Å². The van der Waals surface area contributed by atoms with Gasteiger partial charge in [0.25, 0.3) is 0 Å². The van der Waals surface area contributed by atoms with Crippen LogP contribution in [0.5, 0.6) is 0 Å². The summed E-state index contributed by atoms with van der Waals surface area (Å²) < 4.78 is 0. The molecule has 1 aromatic carbocycles. The Bertz CT molecular complexity index is 731. The topological polar surface area (TPSA) is 82.5 Å². The smallest absolute Gasteiger partial charge is 0.337 e. The Morgan fingerprint density at radius 2 is 2.00 bits per heavy atom. The highest BCUT2D eigenvalue weighted by molar-refractivity contribution is 5.89. The summed E-state index contributed by atoms with van der Waals surface area (Å²) in [5.41, 5.74) is 2.84. The normalized spacial score (nSPS) is 13.3. The molecule has 0 spiro atoms. The van der Waals surface area contributed by atoms with E-state index in [2.05, 4.69) is 10.3 Å². The van der Waals surface area contributed by atoms with E-state index in [1.165, 1.54) is 6.20 Å². The number of carbonyl (C=O) groups excluding carboxylic acids is 1. The van der Waals surface area contributed by atoms with Gasteiger partial charge in [0, 0.05) is 32.0 Å². The Morgan fingerprint density at radius 3 is 2.74 bits per heavy atom. The molecule has 1 aliphatic rings. The van der Waals surface area contributed by atoms with Crippen LogP contribution >= 0.6 is 0 Å². The van der Waals surface area contributed by atoms with Crippen LogP contribution in [0.3, 0.4) is 0 Å². The number of benzene rings is 1. The standard InChI is InChI=1S/C17H17N3O3/c21-16(22)15-10-18-9-13-11-20(7-6-14(13)15)17(23)19-8-12-4-2-1-3-5-12/h1-5,9-10H,6-8,11H2,(H,19,23)(H,21,22). The van der Waals surface area contributed by atoms with E-state index in [4.69, 9.17) is 0 Å². The maximum atomic E-state index is 12.3. The summed E-state index contributed by atoms with van der Waals surface area (Å²) >= 11 is 0. The molecule has 0 unspecified atom stereocenters. The summed E-state index contributed by atoms with van der Waals surface area (Å²) in [6.07, 6.45) is 3.53. The van der Waals surface area contributed by atoms with E-state index in [0.29, 0.717) is 26.1 Å². The van der Waals surface area contributed by atoms with E-state index < -0.39 is 5.97 Å². The average Bonchev–Trinajstić information content (AvgIpc) is 2.59. The number of carbonyl (C=O) groups is 2. The fourth-order valence-electron chi connectivity index (χ4n) is 2.74. The first kappa shape index (κ1) is 15.0. The molecular formula is C17H17N3O3. The molecule has 2 N–H and O–H groups in total. The van der Waals surface area contributed by atoms with Gasteiger partial charge in [-0.05, 0) is 23.1 Å². The molecule has 23 heavy (non-hydrogen) atoms. The molecule has 0 atom stereocenters. The van der Waals surface area contributed by atoms with Gasteiger partial charge in [-0.3, -0.25) is 4.98 Å². The number of aromatic nitrogens is 1. The lowest BCUT2D eigenvalue weighted by Gasteiger charge is -2.29. The van der Waals surface area contributed by atoms with Crippen molar-refractivity contribution in [1.82, 2.24) is 15.2 Å². The molecule has 0 saturated carbocycles. The number of carboxylic acid groups (broad SMARTS) is 1. The monoisotopic (exact) mass is 311 g/mol. The van der Waals surface area contributed by atoms with Gasteiger partial charge in [-0.1, -0.05) is 30.3 Å². The number of hydrogen-bond donors (Lipinski definition) is 2. The number of rotatable bonds is 3. The fourth-order valence-corrected chi connectivity index (χ4v) is 2.74. The third-order valence-corrected chi connectivity index (χ3v) is 3.94. The predicted molar refractivity (Wildman–Crippen MR) is 84.0 cm³/mol. The van der Waals surface area contributed by atoms with Gasteiger partial charge in [0.1, 0.15) is 0 Å².